The average molecular weight is 517 g/mol. The van der Waals surface area contributed by atoms with Crippen molar-refractivity contribution in [1.29, 1.82) is 0 Å². The monoisotopic (exact) mass is 516 g/mol. The number of rotatable bonds is 5. The molecule has 37 heavy (non-hydrogen) atoms. The molecule has 11 heteroatoms. The van der Waals surface area contributed by atoms with E-state index in [4.69, 9.17) is 0 Å². The number of likely N-dealkylation sites (N-methyl/N-ethyl adjacent to an activating group) is 1. The first kappa shape index (κ1) is 26.6. The number of fused-ring (bicyclic) bond motifs is 1. The van der Waals surface area contributed by atoms with Crippen LogP contribution in [-0.4, -0.2) is 45.5 Å². The number of aromatic nitrogens is 3. The number of aryl methyl sites for hydroxylation is 2. The molecule has 4 rings (SSSR count). The van der Waals surface area contributed by atoms with E-state index in [0.717, 1.165) is 38.1 Å². The molecule has 198 valence electrons. The van der Waals surface area contributed by atoms with Crippen molar-refractivity contribution in [3.63, 3.8) is 0 Å². The van der Waals surface area contributed by atoms with Crippen LogP contribution in [0.3, 0.4) is 0 Å². The van der Waals surface area contributed by atoms with E-state index in [1.807, 2.05) is 13.1 Å². The molecule has 1 aliphatic rings. The van der Waals surface area contributed by atoms with Gasteiger partial charge >= 0.3 is 6.18 Å². The topological polar surface area (TPSA) is 92.2 Å². The van der Waals surface area contributed by atoms with Gasteiger partial charge in [0, 0.05) is 37.7 Å². The normalized spacial score (nSPS) is 17.6. The van der Waals surface area contributed by atoms with Gasteiger partial charge in [0.1, 0.15) is 17.3 Å². The van der Waals surface area contributed by atoms with Gasteiger partial charge in [0.15, 0.2) is 0 Å². The van der Waals surface area contributed by atoms with Gasteiger partial charge in [-0.3, -0.25) is 14.2 Å². The lowest BCUT2D eigenvalue weighted by Crippen LogP contribution is -2.34. The van der Waals surface area contributed by atoms with E-state index in [1.165, 1.54) is 17.6 Å². The number of pyridine rings is 1. The third-order valence-electron chi connectivity index (χ3n) is 6.73. The smallest absolute Gasteiger partial charge is 0.363 e. The number of benzene rings is 1. The van der Waals surface area contributed by atoms with E-state index < -0.39 is 23.7 Å². The van der Waals surface area contributed by atoms with Crippen molar-refractivity contribution in [2.24, 2.45) is 7.05 Å². The molecule has 0 saturated carbocycles. The number of hydrogen-bond acceptors (Lipinski definition) is 6. The van der Waals surface area contributed by atoms with Gasteiger partial charge in [-0.15, -0.1) is 0 Å². The Morgan fingerprint density at radius 1 is 1.16 bits per heavy atom. The molecular weight excluding hydrogens is 485 g/mol. The number of nitrogens with zero attached hydrogens (tertiary/aromatic N) is 4. The number of likely N-dealkylation sites (tertiary alicyclic amines) is 1. The Morgan fingerprint density at radius 3 is 2.54 bits per heavy atom. The third kappa shape index (κ3) is 5.76. The second-order valence-corrected chi connectivity index (χ2v) is 9.81. The molecule has 2 N–H and O–H groups in total. The van der Waals surface area contributed by atoms with Crippen molar-refractivity contribution < 1.29 is 18.0 Å². The molecule has 3 heterocycles. The van der Waals surface area contributed by atoms with Gasteiger partial charge in [0.2, 0.25) is 5.91 Å². The maximum Gasteiger partial charge on any atom is 0.416 e. The van der Waals surface area contributed by atoms with Crippen LogP contribution in [0.5, 0.6) is 0 Å². The molecule has 0 radical (unpaired) electrons. The molecule has 0 spiro atoms. The summed E-state index contributed by atoms with van der Waals surface area (Å²) in [5.74, 6) is 0.446. The largest absolute Gasteiger partial charge is 0.416 e. The molecular formula is C26H31F3N6O2. The number of alkyl halides is 3. The van der Waals surface area contributed by atoms with E-state index >= 15 is 0 Å². The van der Waals surface area contributed by atoms with Crippen LogP contribution in [0.15, 0.2) is 29.1 Å². The standard InChI is InChI=1S/C26H31F3N6O2/c1-14(18-9-19(26(27,28)29)11-20(10-18)33-16(3)36)30-23-22-12-21(17-7-6-8-34(4)13-17)25(37)35(5)24(22)32-15(2)31-23/h9-12,14,17H,6-8,13H2,1-5H3,(H,33,36)(H,30,31,32). The van der Waals surface area contributed by atoms with Gasteiger partial charge in [-0.1, -0.05) is 0 Å². The van der Waals surface area contributed by atoms with Gasteiger partial charge in [0.05, 0.1) is 17.0 Å². The summed E-state index contributed by atoms with van der Waals surface area (Å²) in [6, 6.07) is 4.69. The lowest BCUT2D eigenvalue weighted by Gasteiger charge is -2.30. The van der Waals surface area contributed by atoms with Crippen molar-refractivity contribution >= 4 is 28.4 Å². The summed E-state index contributed by atoms with van der Waals surface area (Å²) in [5, 5.41) is 6.29. The van der Waals surface area contributed by atoms with Gasteiger partial charge in [-0.2, -0.15) is 13.2 Å². The zero-order valence-electron chi connectivity index (χ0n) is 21.5. The molecule has 3 aromatic rings. The van der Waals surface area contributed by atoms with E-state index in [1.54, 1.807) is 20.9 Å². The molecule has 1 amide bonds. The number of halogens is 3. The predicted molar refractivity (Wildman–Crippen MR) is 137 cm³/mol. The van der Waals surface area contributed by atoms with E-state index in [0.29, 0.717) is 33.8 Å². The number of carbonyl (C=O) groups is 1. The number of hydrogen-bond donors (Lipinski definition) is 2. The minimum absolute atomic E-state index is 0.0563. The number of carbonyl (C=O) groups excluding carboxylic acids is 1. The van der Waals surface area contributed by atoms with E-state index in [2.05, 4.69) is 25.5 Å². The Bertz CT molecular complexity index is 1400. The summed E-state index contributed by atoms with van der Waals surface area (Å²) >= 11 is 0. The Morgan fingerprint density at radius 2 is 1.89 bits per heavy atom. The molecule has 1 aliphatic heterocycles. The van der Waals surface area contributed by atoms with Crippen LogP contribution in [0.25, 0.3) is 11.0 Å². The highest BCUT2D eigenvalue weighted by Crippen LogP contribution is 2.35. The van der Waals surface area contributed by atoms with Crippen LogP contribution >= 0.6 is 0 Å². The third-order valence-corrected chi connectivity index (χ3v) is 6.73. The first-order valence-electron chi connectivity index (χ1n) is 12.2. The summed E-state index contributed by atoms with van der Waals surface area (Å²) in [7, 11) is 3.70. The van der Waals surface area contributed by atoms with Crippen LogP contribution in [0.2, 0.25) is 0 Å². The Kier molecular flexibility index (Phi) is 7.27. The van der Waals surface area contributed by atoms with Crippen molar-refractivity contribution in [2.45, 2.75) is 51.7 Å². The SMILES string of the molecule is CC(=O)Nc1cc(C(C)Nc2nc(C)nc3c2cc(C2CCCN(C)C2)c(=O)n3C)cc(C(F)(F)F)c1. The van der Waals surface area contributed by atoms with Crippen molar-refractivity contribution in [3.8, 4) is 0 Å². The number of piperidine rings is 1. The van der Waals surface area contributed by atoms with E-state index in [9.17, 15) is 22.8 Å². The highest BCUT2D eigenvalue weighted by molar-refractivity contribution is 5.89. The highest BCUT2D eigenvalue weighted by Gasteiger charge is 2.32. The molecule has 1 aromatic carbocycles. The zero-order chi connectivity index (χ0) is 27.1. The van der Waals surface area contributed by atoms with Crippen LogP contribution < -0.4 is 16.2 Å². The van der Waals surface area contributed by atoms with Crippen molar-refractivity contribution in [3.05, 3.63) is 57.1 Å². The Labute approximate surface area is 212 Å². The first-order chi connectivity index (χ1) is 17.3. The maximum atomic E-state index is 13.6. The van der Waals surface area contributed by atoms with Gasteiger partial charge in [-0.25, -0.2) is 9.97 Å². The van der Waals surface area contributed by atoms with Crippen LogP contribution in [-0.2, 0) is 18.0 Å². The Hall–Kier alpha value is -3.47. The summed E-state index contributed by atoms with van der Waals surface area (Å²) < 4.78 is 42.3. The Balaban J connectivity index is 1.78. The van der Waals surface area contributed by atoms with Gasteiger partial charge < -0.3 is 15.5 Å². The molecule has 1 fully saturated rings. The quantitative estimate of drug-likeness (QED) is 0.515. The fourth-order valence-corrected chi connectivity index (χ4v) is 4.91. The summed E-state index contributed by atoms with van der Waals surface area (Å²) in [6.45, 7) is 6.40. The van der Waals surface area contributed by atoms with Crippen LogP contribution in [0.1, 0.15) is 61.2 Å². The molecule has 0 bridgehead atoms. The molecule has 0 aliphatic carbocycles. The maximum absolute atomic E-state index is 13.6. The molecule has 1 saturated heterocycles. The minimum Gasteiger partial charge on any atom is -0.363 e. The van der Waals surface area contributed by atoms with Crippen LogP contribution in [0, 0.1) is 6.92 Å². The molecule has 2 atom stereocenters. The second-order valence-electron chi connectivity index (χ2n) is 9.81. The second kappa shape index (κ2) is 10.1. The van der Waals surface area contributed by atoms with Crippen LogP contribution in [0.4, 0.5) is 24.7 Å². The lowest BCUT2D eigenvalue weighted by molar-refractivity contribution is -0.137. The molecule has 2 aromatic heterocycles. The van der Waals surface area contributed by atoms with Gasteiger partial charge in [-0.05, 0) is 70.1 Å². The fourth-order valence-electron chi connectivity index (χ4n) is 4.91. The number of nitrogens with one attached hydrogen (secondary N) is 2. The number of anilines is 2. The average Bonchev–Trinajstić information content (AvgIpc) is 2.80. The summed E-state index contributed by atoms with van der Waals surface area (Å²) in [4.78, 5) is 36.0. The minimum atomic E-state index is -4.58. The lowest BCUT2D eigenvalue weighted by atomic mass is 9.91. The molecule has 8 nitrogen and oxygen atoms in total. The zero-order valence-corrected chi connectivity index (χ0v) is 21.5. The highest BCUT2D eigenvalue weighted by atomic mass is 19.4. The van der Waals surface area contributed by atoms with Crippen molar-refractivity contribution in [2.75, 3.05) is 30.8 Å². The fraction of sp³-hybridized carbons (Fsp3) is 0.462. The molecule has 2 unspecified atom stereocenters. The summed E-state index contributed by atoms with van der Waals surface area (Å²) in [6.07, 6.45) is -2.70. The van der Waals surface area contributed by atoms with E-state index in [-0.39, 0.29) is 17.2 Å². The predicted octanol–water partition coefficient (Wildman–Crippen LogP) is 4.60. The summed E-state index contributed by atoms with van der Waals surface area (Å²) in [5.41, 5.74) is 0.530. The van der Waals surface area contributed by atoms with Gasteiger partial charge in [0.25, 0.3) is 5.56 Å². The number of amides is 1. The van der Waals surface area contributed by atoms with Crippen molar-refractivity contribution in [1.82, 2.24) is 19.4 Å². The first-order valence-corrected chi connectivity index (χ1v) is 12.2.